The fraction of sp³-hybridized carbons (Fsp3) is 0.611. The van der Waals surface area contributed by atoms with Crippen LogP contribution in [-0.2, 0) is 10.2 Å². The van der Waals surface area contributed by atoms with Crippen molar-refractivity contribution >= 4 is 21.9 Å². The van der Waals surface area contributed by atoms with Gasteiger partial charge in [-0.1, -0.05) is 25.3 Å². The summed E-state index contributed by atoms with van der Waals surface area (Å²) >= 11 is 3.59. The van der Waals surface area contributed by atoms with Crippen molar-refractivity contribution in [2.45, 2.75) is 57.3 Å². The molecular weight excluding hydrogens is 344 g/mol. The molecule has 0 heterocycles. The van der Waals surface area contributed by atoms with Crippen molar-refractivity contribution in [3.8, 4) is 5.75 Å². The van der Waals surface area contributed by atoms with Crippen LogP contribution in [0.3, 0.4) is 0 Å². The van der Waals surface area contributed by atoms with Gasteiger partial charge in [0.05, 0.1) is 16.5 Å². The summed E-state index contributed by atoms with van der Waals surface area (Å²) in [5.74, 6) is 0.691. The molecule has 0 atom stereocenters. The Morgan fingerprint density at radius 2 is 2.00 bits per heavy atom. The van der Waals surface area contributed by atoms with E-state index in [4.69, 9.17) is 4.74 Å². The summed E-state index contributed by atoms with van der Waals surface area (Å²) in [6.45, 7) is 2.71. The summed E-state index contributed by atoms with van der Waals surface area (Å²) in [4.78, 5) is 12.1. The summed E-state index contributed by atoms with van der Waals surface area (Å²) < 4.78 is 6.95. The number of carboxylic acids is 1. The largest absolute Gasteiger partial charge is 0.492 e. The molecule has 0 bridgehead atoms. The summed E-state index contributed by atoms with van der Waals surface area (Å²) in [6, 6.07) is 4.04. The Morgan fingerprint density at radius 3 is 2.59 bits per heavy atom. The first kappa shape index (κ1) is 15.9. The zero-order valence-electron chi connectivity index (χ0n) is 13.0. The zero-order chi connectivity index (χ0) is 15.7. The molecule has 1 aromatic rings. The highest BCUT2D eigenvalue weighted by atomic mass is 79.9. The molecule has 3 rings (SSSR count). The summed E-state index contributed by atoms with van der Waals surface area (Å²) in [6.07, 6.45) is 6.93. The van der Waals surface area contributed by atoms with Gasteiger partial charge < -0.3 is 9.84 Å². The van der Waals surface area contributed by atoms with E-state index in [-0.39, 0.29) is 0 Å². The quantitative estimate of drug-likeness (QED) is 0.811. The molecule has 0 amide bonds. The second-order valence-corrected chi connectivity index (χ2v) is 7.68. The van der Waals surface area contributed by atoms with Crippen molar-refractivity contribution in [2.24, 2.45) is 5.92 Å². The molecule has 4 heteroatoms. The predicted molar refractivity (Wildman–Crippen MR) is 89.5 cm³/mol. The number of carbonyl (C=O) groups is 1. The van der Waals surface area contributed by atoms with Crippen LogP contribution in [0, 0.1) is 12.8 Å². The van der Waals surface area contributed by atoms with Crippen LogP contribution >= 0.6 is 15.9 Å². The lowest BCUT2D eigenvalue weighted by atomic mass is 9.69. The van der Waals surface area contributed by atoms with E-state index >= 15 is 0 Å². The van der Waals surface area contributed by atoms with Crippen LogP contribution < -0.4 is 4.74 Å². The lowest BCUT2D eigenvalue weighted by Crippen LogP contribution is -2.38. The van der Waals surface area contributed by atoms with Crippen LogP contribution in [0.25, 0.3) is 0 Å². The first-order valence-corrected chi connectivity index (χ1v) is 8.99. The van der Waals surface area contributed by atoms with E-state index in [0.29, 0.717) is 25.4 Å². The van der Waals surface area contributed by atoms with Gasteiger partial charge in [0, 0.05) is 5.56 Å². The number of benzene rings is 1. The minimum Gasteiger partial charge on any atom is -0.492 e. The van der Waals surface area contributed by atoms with Crippen molar-refractivity contribution in [1.82, 2.24) is 0 Å². The number of carboxylic acid groups (broad SMARTS) is 1. The third-order valence-corrected chi connectivity index (χ3v) is 5.57. The van der Waals surface area contributed by atoms with Gasteiger partial charge in [-0.05, 0) is 66.1 Å². The molecule has 0 aliphatic heterocycles. The molecule has 120 valence electrons. The molecule has 2 aliphatic rings. The Balaban J connectivity index is 2.03. The van der Waals surface area contributed by atoms with Crippen molar-refractivity contribution in [2.75, 3.05) is 6.61 Å². The first-order chi connectivity index (χ1) is 10.5. The van der Waals surface area contributed by atoms with Gasteiger partial charge in [-0.15, -0.1) is 0 Å². The zero-order valence-corrected chi connectivity index (χ0v) is 14.6. The topological polar surface area (TPSA) is 46.5 Å². The van der Waals surface area contributed by atoms with Gasteiger partial charge in [0.25, 0.3) is 0 Å². The molecular formula is C18H23BrO3. The molecule has 2 aliphatic carbocycles. The Kier molecular flexibility index (Phi) is 4.49. The van der Waals surface area contributed by atoms with Crippen molar-refractivity contribution < 1.29 is 14.6 Å². The maximum Gasteiger partial charge on any atom is 0.314 e. The summed E-state index contributed by atoms with van der Waals surface area (Å²) in [7, 11) is 0. The average molecular weight is 367 g/mol. The van der Waals surface area contributed by atoms with Crippen molar-refractivity contribution in [3.63, 3.8) is 0 Å². The molecule has 0 aromatic heterocycles. The van der Waals surface area contributed by atoms with Crippen LogP contribution in [0.15, 0.2) is 16.6 Å². The summed E-state index contributed by atoms with van der Waals surface area (Å²) in [5.41, 5.74) is 1.16. The maximum atomic E-state index is 12.1. The van der Waals surface area contributed by atoms with Gasteiger partial charge in [-0.25, -0.2) is 0 Å². The Bertz CT molecular complexity index is 572. The third kappa shape index (κ3) is 3.03. The predicted octanol–water partition coefficient (Wildman–Crippen LogP) is 4.83. The molecule has 22 heavy (non-hydrogen) atoms. The minimum absolute atomic E-state index is 0.646. The van der Waals surface area contributed by atoms with E-state index in [2.05, 4.69) is 15.9 Å². The van der Waals surface area contributed by atoms with Crippen molar-refractivity contribution in [3.05, 3.63) is 27.7 Å². The number of hydrogen-bond acceptors (Lipinski definition) is 2. The number of halogens is 1. The lowest BCUT2D eigenvalue weighted by Gasteiger charge is -2.35. The van der Waals surface area contributed by atoms with Gasteiger partial charge in [-0.2, -0.15) is 0 Å². The number of aryl methyl sites for hydroxylation is 1. The van der Waals surface area contributed by atoms with E-state index < -0.39 is 11.4 Å². The number of aliphatic carboxylic acids is 1. The normalized spacial score (nSPS) is 20.6. The fourth-order valence-electron chi connectivity index (χ4n) is 3.47. The van der Waals surface area contributed by atoms with Crippen molar-refractivity contribution in [1.29, 1.82) is 0 Å². The number of hydrogen-bond donors (Lipinski definition) is 1. The van der Waals surface area contributed by atoms with Gasteiger partial charge in [-0.3, -0.25) is 4.79 Å². The molecule has 2 saturated carbocycles. The van der Waals surface area contributed by atoms with E-state index in [9.17, 15) is 9.90 Å². The highest BCUT2D eigenvalue weighted by Gasteiger charge is 2.44. The second kappa shape index (κ2) is 6.23. The Morgan fingerprint density at radius 1 is 1.32 bits per heavy atom. The van der Waals surface area contributed by atoms with E-state index in [1.165, 1.54) is 12.8 Å². The molecule has 2 fully saturated rings. The average Bonchev–Trinajstić information content (AvgIpc) is 3.30. The van der Waals surface area contributed by atoms with Gasteiger partial charge in [0.15, 0.2) is 0 Å². The van der Waals surface area contributed by atoms with E-state index in [1.54, 1.807) is 0 Å². The van der Waals surface area contributed by atoms with E-state index in [1.807, 2.05) is 19.1 Å². The van der Waals surface area contributed by atoms with Crippen LogP contribution in [0.2, 0.25) is 0 Å². The molecule has 3 nitrogen and oxygen atoms in total. The first-order valence-electron chi connectivity index (χ1n) is 8.20. The number of rotatable bonds is 5. The van der Waals surface area contributed by atoms with Gasteiger partial charge in [0.1, 0.15) is 5.75 Å². The molecule has 0 saturated heterocycles. The van der Waals surface area contributed by atoms with Crippen LogP contribution in [0.1, 0.15) is 56.1 Å². The second-order valence-electron chi connectivity index (χ2n) is 6.83. The Labute approximate surface area is 140 Å². The minimum atomic E-state index is -0.786. The lowest BCUT2D eigenvalue weighted by molar-refractivity contribution is -0.145. The SMILES string of the molecule is Cc1cc(Br)c(OCC2CC2)c(C2(C(=O)O)CCCCC2)c1. The maximum absolute atomic E-state index is 12.1. The van der Waals surface area contributed by atoms with Crippen LogP contribution in [0.4, 0.5) is 0 Å². The monoisotopic (exact) mass is 366 g/mol. The molecule has 0 radical (unpaired) electrons. The van der Waals surface area contributed by atoms with Crippen LogP contribution in [0.5, 0.6) is 5.75 Å². The molecule has 1 aromatic carbocycles. The highest BCUT2D eigenvalue weighted by Crippen LogP contribution is 2.47. The van der Waals surface area contributed by atoms with E-state index in [0.717, 1.165) is 40.6 Å². The number of ether oxygens (including phenoxy) is 1. The fourth-order valence-corrected chi connectivity index (χ4v) is 4.16. The molecule has 1 N–H and O–H groups in total. The van der Waals surface area contributed by atoms with Gasteiger partial charge >= 0.3 is 5.97 Å². The standard InChI is InChI=1S/C18H23BrO3/c1-12-9-14(18(17(20)21)7-3-2-4-8-18)16(15(19)10-12)22-11-13-5-6-13/h9-10,13H,2-8,11H2,1H3,(H,20,21). The third-order valence-electron chi connectivity index (χ3n) is 4.98. The van der Waals surface area contributed by atoms with Gasteiger partial charge in [0.2, 0.25) is 0 Å². The molecule has 0 spiro atoms. The Hall–Kier alpha value is -1.03. The highest BCUT2D eigenvalue weighted by molar-refractivity contribution is 9.10. The summed E-state index contributed by atoms with van der Waals surface area (Å²) in [5, 5.41) is 9.97. The molecule has 0 unspecified atom stereocenters. The smallest absolute Gasteiger partial charge is 0.314 e. The van der Waals surface area contributed by atoms with Crippen LogP contribution in [-0.4, -0.2) is 17.7 Å².